The van der Waals surface area contributed by atoms with Crippen LogP contribution in [0, 0.1) is 0 Å². The number of para-hydroxylation sites is 2. The van der Waals surface area contributed by atoms with Gasteiger partial charge in [0.2, 0.25) is 0 Å². The summed E-state index contributed by atoms with van der Waals surface area (Å²) in [5, 5.41) is 3.58. The van der Waals surface area contributed by atoms with Gasteiger partial charge in [0.15, 0.2) is 0 Å². The van der Waals surface area contributed by atoms with Gasteiger partial charge >= 0.3 is 0 Å². The van der Waals surface area contributed by atoms with E-state index in [0.29, 0.717) is 0 Å². The van der Waals surface area contributed by atoms with Gasteiger partial charge < -0.3 is 13.9 Å². The Balaban J connectivity index is 1.01. The van der Waals surface area contributed by atoms with Crippen molar-refractivity contribution in [3.63, 3.8) is 0 Å². The average molecular weight is 821 g/mol. The van der Waals surface area contributed by atoms with Crippen LogP contribution < -0.4 is 4.90 Å². The van der Waals surface area contributed by atoms with Crippen LogP contribution in [0.25, 0.3) is 95.1 Å². The topological polar surface area (TPSA) is 21.3 Å². The number of furan rings is 1. The SMILES string of the molecule is C=Cc1c(/C=C\C)oc2cccc(-c3ccc(N(c4ccc(-c5cccc(-n6c7ccccc7c7ccccc76)c5)cc4)c4cccc(-c5ccccc5-c5ccccc5)c4)cc3)c12. The van der Waals surface area contributed by atoms with Crippen molar-refractivity contribution < 1.29 is 4.42 Å². The highest BCUT2D eigenvalue weighted by Crippen LogP contribution is 2.42. The van der Waals surface area contributed by atoms with Gasteiger partial charge in [-0.25, -0.2) is 0 Å². The predicted molar refractivity (Wildman–Crippen MR) is 272 cm³/mol. The van der Waals surface area contributed by atoms with Crippen LogP contribution in [-0.4, -0.2) is 4.57 Å². The third-order valence-corrected chi connectivity index (χ3v) is 12.3. The van der Waals surface area contributed by atoms with E-state index >= 15 is 0 Å². The van der Waals surface area contributed by atoms with Crippen molar-refractivity contribution in [3.05, 3.63) is 242 Å². The maximum atomic E-state index is 6.29. The first-order valence-electron chi connectivity index (χ1n) is 21.8. The Bertz CT molecular complexity index is 3460. The molecule has 0 aliphatic rings. The van der Waals surface area contributed by atoms with Crippen molar-refractivity contribution in [1.82, 2.24) is 4.57 Å². The van der Waals surface area contributed by atoms with Crippen molar-refractivity contribution in [1.29, 1.82) is 0 Å². The van der Waals surface area contributed by atoms with E-state index in [1.54, 1.807) is 0 Å². The second kappa shape index (κ2) is 16.5. The number of aromatic nitrogens is 1. The van der Waals surface area contributed by atoms with Gasteiger partial charge in [-0.2, -0.15) is 0 Å². The lowest BCUT2D eigenvalue weighted by Gasteiger charge is -2.27. The molecule has 0 atom stereocenters. The minimum absolute atomic E-state index is 0.818. The molecule has 0 N–H and O–H groups in total. The second-order valence-corrected chi connectivity index (χ2v) is 16.1. The summed E-state index contributed by atoms with van der Waals surface area (Å²) in [7, 11) is 0. The van der Waals surface area contributed by atoms with Gasteiger partial charge in [0.1, 0.15) is 11.3 Å². The fourth-order valence-corrected chi connectivity index (χ4v) is 9.39. The Kier molecular flexibility index (Phi) is 9.91. The van der Waals surface area contributed by atoms with Crippen LogP contribution in [0.4, 0.5) is 17.1 Å². The van der Waals surface area contributed by atoms with Crippen molar-refractivity contribution >= 4 is 62.0 Å². The van der Waals surface area contributed by atoms with Gasteiger partial charge in [-0.15, -0.1) is 0 Å². The number of allylic oxidation sites excluding steroid dienone is 1. The highest BCUT2D eigenvalue weighted by Gasteiger charge is 2.19. The molecule has 64 heavy (non-hydrogen) atoms. The molecule has 3 nitrogen and oxygen atoms in total. The summed E-state index contributed by atoms with van der Waals surface area (Å²) >= 11 is 0. The monoisotopic (exact) mass is 820 g/mol. The number of nitrogens with zero attached hydrogens (tertiary/aromatic N) is 2. The van der Waals surface area contributed by atoms with Crippen LogP contribution in [0.2, 0.25) is 0 Å². The lowest BCUT2D eigenvalue weighted by Crippen LogP contribution is -2.10. The standard InChI is InChI=1S/C61H44N2O/c1-3-17-59-51(4-2)61-54(28-16-31-60(61)64-59)44-34-38-48(39-35-44)62(49-22-15-21-46(41-49)53-25-9-8-24-52(53)43-18-6-5-7-19-43)47-36-32-42(33-37-47)45-20-14-23-50(40-45)63-57-29-12-10-26-55(57)56-27-11-13-30-58(56)63/h3-41H,2H2,1H3/b17-3-. The highest BCUT2D eigenvalue weighted by molar-refractivity contribution is 6.09. The van der Waals surface area contributed by atoms with Crippen LogP contribution in [-0.2, 0) is 0 Å². The Morgan fingerprint density at radius 3 is 1.69 bits per heavy atom. The third-order valence-electron chi connectivity index (χ3n) is 12.3. The second-order valence-electron chi connectivity index (χ2n) is 16.1. The molecule has 0 saturated carbocycles. The van der Waals surface area contributed by atoms with Crippen molar-refractivity contribution in [2.24, 2.45) is 0 Å². The van der Waals surface area contributed by atoms with Gasteiger partial charge in [-0.1, -0.05) is 170 Å². The highest BCUT2D eigenvalue weighted by atomic mass is 16.3. The molecule has 2 aromatic heterocycles. The Morgan fingerprint density at radius 1 is 0.453 bits per heavy atom. The normalized spacial score (nSPS) is 11.5. The van der Waals surface area contributed by atoms with E-state index in [2.05, 4.69) is 228 Å². The maximum Gasteiger partial charge on any atom is 0.136 e. The number of rotatable bonds is 10. The average Bonchev–Trinajstić information content (AvgIpc) is 3.90. The number of fused-ring (bicyclic) bond motifs is 4. The molecule has 3 heteroatoms. The first kappa shape index (κ1) is 38.5. The maximum absolute atomic E-state index is 6.29. The molecule has 0 fully saturated rings. The van der Waals surface area contributed by atoms with Crippen LogP contribution in [0.1, 0.15) is 18.2 Å². The van der Waals surface area contributed by atoms with Gasteiger partial charge in [0.05, 0.1) is 11.0 Å². The zero-order chi connectivity index (χ0) is 43.0. The largest absolute Gasteiger partial charge is 0.456 e. The summed E-state index contributed by atoms with van der Waals surface area (Å²) in [6, 6.07) is 78.5. The van der Waals surface area contributed by atoms with Gasteiger partial charge in [-0.3, -0.25) is 0 Å². The minimum atomic E-state index is 0.818. The molecule has 11 rings (SSSR count). The smallest absolute Gasteiger partial charge is 0.136 e. The zero-order valence-corrected chi connectivity index (χ0v) is 35.5. The molecule has 0 unspecified atom stereocenters. The van der Waals surface area contributed by atoms with Gasteiger partial charge in [-0.05, 0) is 124 Å². The number of hydrogen-bond donors (Lipinski definition) is 0. The van der Waals surface area contributed by atoms with Crippen LogP contribution in [0.15, 0.2) is 235 Å². The number of hydrogen-bond acceptors (Lipinski definition) is 2. The molecule has 2 heterocycles. The summed E-state index contributed by atoms with van der Waals surface area (Å²) < 4.78 is 8.67. The Labute approximate surface area is 373 Å². The molecule has 0 bridgehead atoms. The van der Waals surface area contributed by atoms with Crippen LogP contribution >= 0.6 is 0 Å². The van der Waals surface area contributed by atoms with E-state index in [0.717, 1.165) is 72.9 Å². The molecule has 0 saturated heterocycles. The number of anilines is 3. The van der Waals surface area contributed by atoms with Crippen molar-refractivity contribution in [2.75, 3.05) is 4.90 Å². The molecule has 0 spiro atoms. The summed E-state index contributed by atoms with van der Waals surface area (Å²) in [5.74, 6) is 0.818. The summed E-state index contributed by atoms with van der Waals surface area (Å²) in [6.45, 7) is 6.15. The lowest BCUT2D eigenvalue weighted by molar-refractivity contribution is 0.603. The van der Waals surface area contributed by atoms with Gasteiger partial charge in [0, 0.05) is 44.5 Å². The Morgan fingerprint density at radius 2 is 1.00 bits per heavy atom. The fourth-order valence-electron chi connectivity index (χ4n) is 9.39. The van der Waals surface area contributed by atoms with E-state index in [-0.39, 0.29) is 0 Å². The minimum Gasteiger partial charge on any atom is -0.456 e. The predicted octanol–water partition coefficient (Wildman–Crippen LogP) is 17.3. The quantitative estimate of drug-likeness (QED) is 0.137. The molecule has 0 aliphatic carbocycles. The fraction of sp³-hybridized carbons (Fsp3) is 0.0164. The third kappa shape index (κ3) is 6.81. The summed E-state index contributed by atoms with van der Waals surface area (Å²) in [6.07, 6.45) is 5.90. The van der Waals surface area contributed by atoms with Crippen LogP contribution in [0.5, 0.6) is 0 Å². The first-order chi connectivity index (χ1) is 31.7. The molecule has 0 amide bonds. The van der Waals surface area contributed by atoms with Gasteiger partial charge in [0.25, 0.3) is 0 Å². The van der Waals surface area contributed by atoms with E-state index in [1.807, 2.05) is 31.2 Å². The van der Waals surface area contributed by atoms with Crippen molar-refractivity contribution in [3.8, 4) is 50.2 Å². The van der Waals surface area contributed by atoms with E-state index in [4.69, 9.17) is 4.42 Å². The lowest BCUT2D eigenvalue weighted by atomic mass is 9.94. The molecule has 9 aromatic carbocycles. The summed E-state index contributed by atoms with van der Waals surface area (Å²) in [4.78, 5) is 2.36. The molecular formula is C61H44N2O. The van der Waals surface area contributed by atoms with E-state index < -0.39 is 0 Å². The van der Waals surface area contributed by atoms with Crippen molar-refractivity contribution in [2.45, 2.75) is 6.92 Å². The number of benzene rings is 9. The molecular weight excluding hydrogens is 777 g/mol. The van der Waals surface area contributed by atoms with E-state index in [1.165, 1.54) is 38.5 Å². The Hall–Kier alpha value is -8.40. The molecule has 11 aromatic rings. The molecule has 0 aliphatic heterocycles. The molecule has 0 radical (unpaired) electrons. The zero-order valence-electron chi connectivity index (χ0n) is 35.5. The van der Waals surface area contributed by atoms with E-state index in [9.17, 15) is 0 Å². The van der Waals surface area contributed by atoms with Crippen LogP contribution in [0.3, 0.4) is 0 Å². The first-order valence-corrected chi connectivity index (χ1v) is 21.8. The summed E-state index contributed by atoms with van der Waals surface area (Å²) in [5.41, 5.74) is 17.8. The molecule has 304 valence electrons.